The van der Waals surface area contributed by atoms with Gasteiger partial charge in [-0.05, 0) is 36.2 Å². The van der Waals surface area contributed by atoms with E-state index < -0.39 is 10.0 Å². The predicted octanol–water partition coefficient (Wildman–Crippen LogP) is 3.54. The van der Waals surface area contributed by atoms with Gasteiger partial charge in [-0.15, -0.1) is 0 Å². The second-order valence-electron chi connectivity index (χ2n) is 5.44. The molecule has 0 fully saturated rings. The molecule has 1 aliphatic heterocycles. The van der Waals surface area contributed by atoms with E-state index in [9.17, 15) is 8.42 Å². The Morgan fingerprint density at radius 1 is 1.08 bits per heavy atom. The third kappa shape index (κ3) is 3.66. The summed E-state index contributed by atoms with van der Waals surface area (Å²) in [6, 6.07) is 11.4. The minimum absolute atomic E-state index is 0.152. The van der Waals surface area contributed by atoms with E-state index in [0.717, 1.165) is 5.56 Å². The van der Waals surface area contributed by atoms with Gasteiger partial charge >= 0.3 is 0 Å². The van der Waals surface area contributed by atoms with E-state index in [1.165, 1.54) is 12.1 Å². The molecule has 1 N–H and O–H groups in total. The molecular formula is C17H18ClNO4S. The van der Waals surface area contributed by atoms with Crippen LogP contribution in [0.3, 0.4) is 0 Å². The zero-order valence-electron chi connectivity index (χ0n) is 13.2. The van der Waals surface area contributed by atoms with Crippen LogP contribution in [-0.2, 0) is 10.0 Å². The molecule has 5 nitrogen and oxygen atoms in total. The number of ether oxygens (including phenoxy) is 2. The first-order valence-corrected chi connectivity index (χ1v) is 9.53. The lowest BCUT2D eigenvalue weighted by Crippen LogP contribution is -2.28. The number of sulfonamides is 1. The van der Waals surface area contributed by atoms with Gasteiger partial charge in [0, 0.05) is 17.1 Å². The molecule has 0 bridgehead atoms. The number of rotatable bonds is 5. The van der Waals surface area contributed by atoms with Gasteiger partial charge in [-0.25, -0.2) is 13.1 Å². The summed E-state index contributed by atoms with van der Waals surface area (Å²) in [7, 11) is -3.68. The number of halogens is 1. The third-order valence-electron chi connectivity index (χ3n) is 3.80. The zero-order chi connectivity index (χ0) is 17.2. The Kier molecular flexibility index (Phi) is 4.99. The van der Waals surface area contributed by atoms with Gasteiger partial charge in [0.2, 0.25) is 10.0 Å². The van der Waals surface area contributed by atoms with Crippen molar-refractivity contribution in [2.24, 2.45) is 0 Å². The monoisotopic (exact) mass is 367 g/mol. The fourth-order valence-electron chi connectivity index (χ4n) is 2.53. The van der Waals surface area contributed by atoms with Crippen molar-refractivity contribution in [3.8, 4) is 11.5 Å². The average molecular weight is 368 g/mol. The van der Waals surface area contributed by atoms with E-state index in [-0.39, 0.29) is 10.9 Å². The molecule has 1 atom stereocenters. The largest absolute Gasteiger partial charge is 0.486 e. The molecule has 2 aromatic rings. The lowest BCUT2D eigenvalue weighted by atomic mass is 10.1. The summed E-state index contributed by atoms with van der Waals surface area (Å²) in [5.74, 6) is 1.01. The molecule has 0 aromatic heterocycles. The summed E-state index contributed by atoms with van der Waals surface area (Å²) < 4.78 is 39.0. The van der Waals surface area contributed by atoms with Gasteiger partial charge in [-0.3, -0.25) is 0 Å². The van der Waals surface area contributed by atoms with Crippen LogP contribution in [0.4, 0.5) is 0 Å². The summed E-state index contributed by atoms with van der Waals surface area (Å²) in [5, 5.41) is 0.614. The first kappa shape index (κ1) is 17.1. The molecule has 0 saturated heterocycles. The first-order valence-electron chi connectivity index (χ1n) is 7.67. The summed E-state index contributed by atoms with van der Waals surface area (Å²) in [6.07, 6.45) is 0.616. The molecule has 1 unspecified atom stereocenters. The Morgan fingerprint density at radius 3 is 2.42 bits per heavy atom. The summed E-state index contributed by atoms with van der Waals surface area (Å²) in [6.45, 7) is 2.80. The SMILES string of the molecule is CCC(NS(=O)(=O)c1ccc2c(c1)OCCO2)c1ccc(Cl)cc1. The summed E-state index contributed by atoms with van der Waals surface area (Å²) >= 11 is 5.89. The van der Waals surface area contributed by atoms with Crippen LogP contribution in [0.5, 0.6) is 11.5 Å². The maximum atomic E-state index is 12.7. The van der Waals surface area contributed by atoms with Crippen LogP contribution in [0, 0.1) is 0 Å². The Morgan fingerprint density at radius 2 is 1.75 bits per heavy atom. The highest BCUT2D eigenvalue weighted by atomic mass is 35.5. The van der Waals surface area contributed by atoms with E-state index in [4.69, 9.17) is 21.1 Å². The van der Waals surface area contributed by atoms with Gasteiger partial charge in [0.25, 0.3) is 0 Å². The highest BCUT2D eigenvalue weighted by molar-refractivity contribution is 7.89. The topological polar surface area (TPSA) is 64.6 Å². The average Bonchev–Trinajstić information content (AvgIpc) is 2.60. The van der Waals surface area contributed by atoms with Crippen molar-refractivity contribution >= 4 is 21.6 Å². The third-order valence-corrected chi connectivity index (χ3v) is 5.52. The van der Waals surface area contributed by atoms with Crippen LogP contribution in [0.15, 0.2) is 47.4 Å². The van der Waals surface area contributed by atoms with Crippen molar-refractivity contribution in [3.63, 3.8) is 0 Å². The Hall–Kier alpha value is -1.76. The maximum absolute atomic E-state index is 12.7. The lowest BCUT2D eigenvalue weighted by molar-refractivity contribution is 0.171. The zero-order valence-corrected chi connectivity index (χ0v) is 14.7. The van der Waals surface area contributed by atoms with Crippen molar-refractivity contribution in [2.45, 2.75) is 24.3 Å². The van der Waals surface area contributed by atoms with E-state index in [0.29, 0.717) is 36.2 Å². The van der Waals surface area contributed by atoms with Gasteiger partial charge in [0.1, 0.15) is 13.2 Å². The Labute approximate surface area is 146 Å². The molecule has 0 saturated carbocycles. The summed E-state index contributed by atoms with van der Waals surface area (Å²) in [4.78, 5) is 0.152. The van der Waals surface area contributed by atoms with Crippen molar-refractivity contribution in [1.82, 2.24) is 4.72 Å². The van der Waals surface area contributed by atoms with Gasteiger partial charge in [-0.1, -0.05) is 30.7 Å². The standard InChI is InChI=1S/C17H18ClNO4S/c1-2-15(12-3-5-13(18)6-4-12)19-24(20,21)14-7-8-16-17(11-14)23-10-9-22-16/h3-8,11,15,19H,2,9-10H2,1H3. The quantitative estimate of drug-likeness (QED) is 0.877. The van der Waals surface area contributed by atoms with E-state index in [1.54, 1.807) is 18.2 Å². The van der Waals surface area contributed by atoms with Crippen molar-refractivity contribution < 1.29 is 17.9 Å². The predicted molar refractivity (Wildman–Crippen MR) is 92.2 cm³/mol. The number of hydrogen-bond donors (Lipinski definition) is 1. The molecule has 24 heavy (non-hydrogen) atoms. The van der Waals surface area contributed by atoms with Crippen LogP contribution in [0.25, 0.3) is 0 Å². The fraction of sp³-hybridized carbons (Fsp3) is 0.294. The number of fused-ring (bicyclic) bond motifs is 1. The van der Waals surface area contributed by atoms with Gasteiger partial charge in [0.15, 0.2) is 11.5 Å². The number of benzene rings is 2. The van der Waals surface area contributed by atoms with Crippen molar-refractivity contribution in [2.75, 3.05) is 13.2 Å². The molecule has 0 spiro atoms. The molecule has 0 radical (unpaired) electrons. The fourth-order valence-corrected chi connectivity index (χ4v) is 3.98. The molecular weight excluding hydrogens is 350 g/mol. The Bertz CT molecular complexity index is 821. The molecule has 3 rings (SSSR count). The first-order chi connectivity index (χ1) is 11.5. The molecule has 128 valence electrons. The highest BCUT2D eigenvalue weighted by Crippen LogP contribution is 2.32. The molecule has 1 heterocycles. The Balaban J connectivity index is 1.85. The number of hydrogen-bond acceptors (Lipinski definition) is 4. The summed E-state index contributed by atoms with van der Waals surface area (Å²) in [5.41, 5.74) is 0.864. The van der Waals surface area contributed by atoms with Crippen molar-refractivity contribution in [1.29, 1.82) is 0 Å². The second kappa shape index (κ2) is 7.01. The van der Waals surface area contributed by atoms with Crippen molar-refractivity contribution in [3.05, 3.63) is 53.1 Å². The van der Waals surface area contributed by atoms with Gasteiger partial charge in [-0.2, -0.15) is 0 Å². The lowest BCUT2D eigenvalue weighted by Gasteiger charge is -2.20. The maximum Gasteiger partial charge on any atom is 0.241 e. The van der Waals surface area contributed by atoms with Gasteiger partial charge in [0.05, 0.1) is 4.90 Å². The molecule has 0 amide bonds. The van der Waals surface area contributed by atoms with Crippen LogP contribution in [0.1, 0.15) is 24.9 Å². The van der Waals surface area contributed by atoms with E-state index >= 15 is 0 Å². The van der Waals surface area contributed by atoms with E-state index in [2.05, 4.69) is 4.72 Å². The molecule has 2 aromatic carbocycles. The molecule has 1 aliphatic rings. The van der Waals surface area contributed by atoms with E-state index in [1.807, 2.05) is 19.1 Å². The van der Waals surface area contributed by atoms with Crippen LogP contribution < -0.4 is 14.2 Å². The van der Waals surface area contributed by atoms with Gasteiger partial charge < -0.3 is 9.47 Å². The normalized spacial score (nSPS) is 15.1. The minimum Gasteiger partial charge on any atom is -0.486 e. The van der Waals surface area contributed by atoms with Crippen LogP contribution >= 0.6 is 11.6 Å². The molecule has 0 aliphatic carbocycles. The number of nitrogens with one attached hydrogen (secondary N) is 1. The smallest absolute Gasteiger partial charge is 0.241 e. The highest BCUT2D eigenvalue weighted by Gasteiger charge is 2.23. The van der Waals surface area contributed by atoms with Crippen LogP contribution in [-0.4, -0.2) is 21.6 Å². The molecule has 7 heteroatoms. The second-order valence-corrected chi connectivity index (χ2v) is 7.59. The van der Waals surface area contributed by atoms with Crippen LogP contribution in [0.2, 0.25) is 5.02 Å². The minimum atomic E-state index is -3.68.